The molecule has 3 rings (SSSR count). The number of carbonyl (C=O) groups excluding carboxylic acids is 1. The molecule has 4 N–H and O–H groups in total. The van der Waals surface area contributed by atoms with E-state index in [9.17, 15) is 25.2 Å². The number of phenols is 2. The second kappa shape index (κ2) is 5.61. The highest BCUT2D eigenvalue weighted by Gasteiger charge is 2.53. The number of methoxy groups -OCH3 is 2. The molecule has 0 unspecified atom stereocenters. The molecule has 0 amide bonds. The Morgan fingerprint density at radius 3 is 2.54 bits per heavy atom. The molecule has 0 aliphatic heterocycles. The summed E-state index contributed by atoms with van der Waals surface area (Å²) in [6, 6.07) is 1.19. The number of aromatic hydroxyl groups is 2. The zero-order valence-electron chi connectivity index (χ0n) is 13.8. The van der Waals surface area contributed by atoms with Crippen LogP contribution in [0.5, 0.6) is 17.2 Å². The molecular weight excluding hydrogens is 316 g/mol. The summed E-state index contributed by atoms with van der Waals surface area (Å²) >= 11 is 0. The molecule has 7 nitrogen and oxygen atoms in total. The van der Waals surface area contributed by atoms with Crippen LogP contribution in [-0.2, 0) is 4.74 Å². The van der Waals surface area contributed by atoms with E-state index in [4.69, 9.17) is 9.47 Å². The number of hydrogen-bond acceptors (Lipinski definition) is 7. The van der Waals surface area contributed by atoms with Crippen molar-refractivity contribution in [3.8, 4) is 17.2 Å². The Morgan fingerprint density at radius 1 is 1.29 bits per heavy atom. The van der Waals surface area contributed by atoms with Crippen LogP contribution >= 0.6 is 0 Å². The van der Waals surface area contributed by atoms with Crippen molar-refractivity contribution in [2.24, 2.45) is 11.8 Å². The minimum Gasteiger partial charge on any atom is -0.507 e. The predicted octanol–water partition coefficient (Wildman–Crippen LogP) is 1.13. The van der Waals surface area contributed by atoms with E-state index in [2.05, 4.69) is 0 Å². The van der Waals surface area contributed by atoms with Gasteiger partial charge in [-0.3, -0.25) is 4.79 Å². The van der Waals surface area contributed by atoms with Gasteiger partial charge in [-0.05, 0) is 19.8 Å². The number of fused-ring (bicyclic) bond motifs is 2. The maximum atomic E-state index is 12.9. The fourth-order valence-corrected chi connectivity index (χ4v) is 4.08. The van der Waals surface area contributed by atoms with Crippen molar-refractivity contribution in [2.75, 3.05) is 14.2 Å². The van der Waals surface area contributed by atoms with Crippen molar-refractivity contribution < 1.29 is 34.7 Å². The molecule has 0 radical (unpaired) electrons. The SMILES string of the molecule is COc1cc(O)c2c(c1O)[C@@H](OC)[C@H]1C[C@](C)(O)[C@H](O)C[C@@H]1C2=O. The normalized spacial score (nSPS) is 35.3. The zero-order chi connectivity index (χ0) is 17.8. The molecule has 1 saturated carbocycles. The molecule has 2 aliphatic rings. The second-order valence-electron chi connectivity index (χ2n) is 6.84. The lowest BCUT2D eigenvalue weighted by molar-refractivity contribution is -0.135. The molecule has 0 aromatic heterocycles. The van der Waals surface area contributed by atoms with Gasteiger partial charge in [-0.25, -0.2) is 0 Å². The average molecular weight is 338 g/mol. The summed E-state index contributed by atoms with van der Waals surface area (Å²) in [7, 11) is 2.79. The van der Waals surface area contributed by atoms with Gasteiger partial charge in [-0.15, -0.1) is 0 Å². The highest BCUT2D eigenvalue weighted by atomic mass is 16.5. The van der Waals surface area contributed by atoms with Crippen molar-refractivity contribution >= 4 is 5.78 Å². The first-order chi connectivity index (χ1) is 11.2. The molecule has 2 aliphatic carbocycles. The molecule has 0 heterocycles. The van der Waals surface area contributed by atoms with E-state index in [0.29, 0.717) is 0 Å². The Kier molecular flexibility index (Phi) is 3.98. The molecule has 0 saturated heterocycles. The van der Waals surface area contributed by atoms with Gasteiger partial charge in [0.25, 0.3) is 0 Å². The van der Waals surface area contributed by atoms with Crippen molar-refractivity contribution in [2.45, 2.75) is 37.6 Å². The van der Waals surface area contributed by atoms with Gasteiger partial charge >= 0.3 is 0 Å². The van der Waals surface area contributed by atoms with Gasteiger partial charge in [0.15, 0.2) is 17.3 Å². The van der Waals surface area contributed by atoms with E-state index < -0.39 is 29.6 Å². The van der Waals surface area contributed by atoms with Crippen LogP contribution in [0.25, 0.3) is 0 Å². The number of benzene rings is 1. The average Bonchev–Trinajstić information content (AvgIpc) is 2.52. The smallest absolute Gasteiger partial charge is 0.170 e. The Balaban J connectivity index is 2.20. The maximum absolute atomic E-state index is 12.9. The van der Waals surface area contributed by atoms with E-state index in [-0.39, 0.29) is 47.0 Å². The van der Waals surface area contributed by atoms with Crippen LogP contribution in [0, 0.1) is 11.8 Å². The molecule has 1 aromatic carbocycles. The van der Waals surface area contributed by atoms with E-state index in [1.165, 1.54) is 27.2 Å². The van der Waals surface area contributed by atoms with Gasteiger partial charge in [0.05, 0.1) is 30.5 Å². The second-order valence-corrected chi connectivity index (χ2v) is 6.84. The molecule has 1 aromatic rings. The highest BCUT2D eigenvalue weighted by molar-refractivity contribution is 6.04. The van der Waals surface area contributed by atoms with Crippen LogP contribution in [-0.4, -0.2) is 52.1 Å². The van der Waals surface area contributed by atoms with Gasteiger partial charge < -0.3 is 29.9 Å². The maximum Gasteiger partial charge on any atom is 0.170 e. The third-order valence-corrected chi connectivity index (χ3v) is 5.37. The van der Waals surface area contributed by atoms with Crippen molar-refractivity contribution in [3.63, 3.8) is 0 Å². The Morgan fingerprint density at radius 2 is 1.96 bits per heavy atom. The monoisotopic (exact) mass is 338 g/mol. The molecular formula is C17H22O7. The number of aliphatic hydroxyl groups excluding tert-OH is 1. The third kappa shape index (κ3) is 2.27. The summed E-state index contributed by atoms with van der Waals surface area (Å²) in [4.78, 5) is 12.9. The molecule has 0 bridgehead atoms. The number of rotatable bonds is 2. The lowest BCUT2D eigenvalue weighted by Gasteiger charge is -2.47. The summed E-state index contributed by atoms with van der Waals surface area (Å²) < 4.78 is 10.6. The largest absolute Gasteiger partial charge is 0.507 e. The number of phenolic OH excluding ortho intramolecular Hbond substituents is 2. The Labute approximate surface area is 139 Å². The molecule has 1 fully saturated rings. The summed E-state index contributed by atoms with van der Waals surface area (Å²) in [6.45, 7) is 1.52. The minimum atomic E-state index is -1.35. The van der Waals surface area contributed by atoms with Crippen molar-refractivity contribution in [1.82, 2.24) is 0 Å². The van der Waals surface area contributed by atoms with E-state index >= 15 is 0 Å². The van der Waals surface area contributed by atoms with Crippen LogP contribution in [0.3, 0.4) is 0 Å². The minimum absolute atomic E-state index is 0.00450. The zero-order valence-corrected chi connectivity index (χ0v) is 13.8. The first-order valence-corrected chi connectivity index (χ1v) is 7.83. The van der Waals surface area contributed by atoms with Gasteiger partial charge in [0, 0.05) is 30.6 Å². The third-order valence-electron chi connectivity index (χ3n) is 5.37. The highest BCUT2D eigenvalue weighted by Crippen LogP contribution is 2.55. The van der Waals surface area contributed by atoms with E-state index in [0.717, 1.165) is 0 Å². The van der Waals surface area contributed by atoms with E-state index in [1.807, 2.05) is 0 Å². The first-order valence-electron chi connectivity index (χ1n) is 7.83. The standard InChI is InChI=1S/C17H22O7/c1-17(22)6-8-7(4-11(17)19)14(20)12-9(18)5-10(23-2)15(21)13(12)16(8)24-3/h5,7-8,11,16,18-19,21-22H,4,6H2,1-3H3/t7-,8-,11+,16-,17-/m0/s1. The van der Waals surface area contributed by atoms with Crippen LogP contribution in [0.4, 0.5) is 0 Å². The van der Waals surface area contributed by atoms with Crippen molar-refractivity contribution in [1.29, 1.82) is 0 Å². The Bertz CT molecular complexity index is 682. The molecule has 24 heavy (non-hydrogen) atoms. The number of hydrogen-bond donors (Lipinski definition) is 4. The van der Waals surface area contributed by atoms with Crippen LogP contribution in [0.2, 0.25) is 0 Å². The lowest BCUT2D eigenvalue weighted by Crippen LogP contribution is -2.53. The van der Waals surface area contributed by atoms with Crippen LogP contribution < -0.4 is 4.74 Å². The predicted molar refractivity (Wildman–Crippen MR) is 83.2 cm³/mol. The van der Waals surface area contributed by atoms with Gasteiger partial charge in [-0.1, -0.05) is 0 Å². The molecule has 132 valence electrons. The Hall–Kier alpha value is -1.83. The van der Waals surface area contributed by atoms with Crippen LogP contribution in [0.15, 0.2) is 6.07 Å². The summed E-state index contributed by atoms with van der Waals surface area (Å²) in [5, 5.41) is 41.3. The lowest BCUT2D eigenvalue weighted by atomic mass is 9.61. The molecule has 7 heteroatoms. The van der Waals surface area contributed by atoms with Gasteiger partial charge in [0.1, 0.15) is 5.75 Å². The topological polar surface area (TPSA) is 116 Å². The first kappa shape index (κ1) is 17.0. The fourth-order valence-electron chi connectivity index (χ4n) is 4.08. The summed E-state index contributed by atoms with van der Waals surface area (Å²) in [5.41, 5.74) is -1.19. The number of carbonyl (C=O) groups is 1. The van der Waals surface area contributed by atoms with Gasteiger partial charge in [-0.2, -0.15) is 0 Å². The summed E-state index contributed by atoms with van der Waals surface area (Å²) in [5.74, 6) is -1.90. The quantitative estimate of drug-likeness (QED) is 0.597. The van der Waals surface area contributed by atoms with Gasteiger partial charge in [0.2, 0.25) is 0 Å². The number of ether oxygens (including phenoxy) is 2. The molecule has 0 spiro atoms. The number of aliphatic hydroxyl groups is 2. The fraction of sp³-hybridized carbons (Fsp3) is 0.588. The van der Waals surface area contributed by atoms with Crippen molar-refractivity contribution in [3.05, 3.63) is 17.2 Å². The number of ketones is 1. The van der Waals surface area contributed by atoms with Crippen LogP contribution in [0.1, 0.15) is 41.8 Å². The summed E-state index contributed by atoms with van der Waals surface area (Å²) in [6.07, 6.45) is -1.54. The number of Topliss-reactive ketones (excluding diaryl/α,β-unsaturated/α-hetero) is 1. The van der Waals surface area contributed by atoms with E-state index in [1.54, 1.807) is 0 Å². The molecule has 5 atom stereocenters.